The van der Waals surface area contributed by atoms with Crippen molar-refractivity contribution in [1.82, 2.24) is 4.98 Å². The van der Waals surface area contributed by atoms with Crippen LogP contribution in [0.1, 0.15) is 41.8 Å². The number of hydrogen-bond donors (Lipinski definition) is 1. The maximum absolute atomic E-state index is 14.5. The van der Waals surface area contributed by atoms with Gasteiger partial charge in [-0.15, -0.1) is 0 Å². The number of aliphatic hydroxyl groups is 1. The molecule has 0 fully saturated rings. The minimum atomic E-state index is -3.77. The number of halogens is 4. The fourth-order valence-corrected chi connectivity index (χ4v) is 2.84. The second-order valence-corrected chi connectivity index (χ2v) is 5.77. The summed E-state index contributed by atoms with van der Waals surface area (Å²) in [6.07, 6.45) is -2.91. The molecule has 0 spiro atoms. The molecule has 0 bridgehead atoms. The van der Waals surface area contributed by atoms with Gasteiger partial charge >= 0.3 is 11.8 Å². The molecule has 1 aliphatic rings. The van der Waals surface area contributed by atoms with Gasteiger partial charge in [-0.2, -0.15) is 8.78 Å². The maximum atomic E-state index is 14.5. The number of aliphatic hydroxyl groups excluding tert-OH is 1. The molecule has 3 rings (SSSR count). The number of carbonyl (C=O) groups excluding carboxylic acids is 1. The van der Waals surface area contributed by atoms with Gasteiger partial charge in [0.15, 0.2) is 0 Å². The highest BCUT2D eigenvalue weighted by atomic mass is 19.3. The molecule has 0 unspecified atom stereocenters. The first-order valence-electron chi connectivity index (χ1n) is 7.47. The number of nitrogens with zero attached hydrogens (tertiary/aromatic N) is 2. The molecule has 25 heavy (non-hydrogen) atoms. The van der Waals surface area contributed by atoms with Crippen molar-refractivity contribution >= 4 is 11.6 Å². The van der Waals surface area contributed by atoms with Crippen LogP contribution in [0.5, 0.6) is 0 Å². The number of hydrogen-bond acceptors (Lipinski definition) is 3. The van der Waals surface area contributed by atoms with Gasteiger partial charge in [0.2, 0.25) is 0 Å². The first-order valence-corrected chi connectivity index (χ1v) is 7.47. The molecule has 4 nitrogen and oxygen atoms in total. The fraction of sp³-hybridized carbons (Fsp3) is 0.294. The maximum Gasteiger partial charge on any atom is 0.352 e. The van der Waals surface area contributed by atoms with Crippen LogP contribution < -0.4 is 4.90 Å². The number of rotatable bonds is 4. The molecule has 0 aliphatic carbocycles. The Morgan fingerprint density at radius 2 is 1.96 bits per heavy atom. The van der Waals surface area contributed by atoms with Gasteiger partial charge in [-0.25, -0.2) is 8.78 Å². The highest BCUT2D eigenvalue weighted by Crippen LogP contribution is 2.47. The van der Waals surface area contributed by atoms with Crippen molar-refractivity contribution in [2.75, 3.05) is 4.90 Å². The monoisotopic (exact) mass is 354 g/mol. The molecule has 132 valence electrons. The van der Waals surface area contributed by atoms with Gasteiger partial charge in [-0.05, 0) is 30.7 Å². The molecule has 0 saturated carbocycles. The zero-order valence-corrected chi connectivity index (χ0v) is 13.1. The van der Waals surface area contributed by atoms with E-state index in [1.54, 1.807) is 0 Å². The SMILES string of the molecule is C[C@H](O)c1cccc2c1C(F)(F)C(=O)N2Cc1ccc(C(F)F)cn1. The Kier molecular flexibility index (Phi) is 4.24. The van der Waals surface area contributed by atoms with E-state index in [1.807, 2.05) is 0 Å². The molecule has 1 amide bonds. The van der Waals surface area contributed by atoms with Crippen LogP contribution >= 0.6 is 0 Å². The molecule has 2 aromatic rings. The zero-order chi connectivity index (χ0) is 18.4. The number of fused-ring (bicyclic) bond motifs is 1. The van der Waals surface area contributed by atoms with Gasteiger partial charge in [0, 0.05) is 11.8 Å². The topological polar surface area (TPSA) is 53.4 Å². The molecule has 1 N–H and O–H groups in total. The third-order valence-electron chi connectivity index (χ3n) is 4.06. The van der Waals surface area contributed by atoms with Crippen LogP contribution in [0, 0.1) is 0 Å². The Bertz CT molecular complexity index is 807. The highest BCUT2D eigenvalue weighted by Gasteiger charge is 2.54. The van der Waals surface area contributed by atoms with Gasteiger partial charge in [0.05, 0.1) is 29.6 Å². The number of anilines is 1. The normalized spacial score (nSPS) is 17.1. The first-order chi connectivity index (χ1) is 11.7. The molecule has 0 radical (unpaired) electrons. The van der Waals surface area contributed by atoms with E-state index in [9.17, 15) is 27.5 Å². The van der Waals surface area contributed by atoms with Gasteiger partial charge in [0.25, 0.3) is 6.43 Å². The Labute approximate surface area is 140 Å². The molecule has 1 aromatic carbocycles. The number of aromatic nitrogens is 1. The summed E-state index contributed by atoms with van der Waals surface area (Å²) in [6.45, 7) is 1.05. The van der Waals surface area contributed by atoms with Crippen molar-refractivity contribution in [2.45, 2.75) is 31.9 Å². The Morgan fingerprint density at radius 1 is 1.24 bits per heavy atom. The van der Waals surface area contributed by atoms with Crippen molar-refractivity contribution in [3.63, 3.8) is 0 Å². The fourth-order valence-electron chi connectivity index (χ4n) is 2.84. The lowest BCUT2D eigenvalue weighted by atomic mass is 9.98. The van der Waals surface area contributed by atoms with Crippen molar-refractivity contribution < 1.29 is 27.5 Å². The zero-order valence-electron chi connectivity index (χ0n) is 13.1. The van der Waals surface area contributed by atoms with E-state index in [2.05, 4.69) is 4.98 Å². The summed E-state index contributed by atoms with van der Waals surface area (Å²) in [5, 5.41) is 9.72. The summed E-state index contributed by atoms with van der Waals surface area (Å²) in [5.41, 5.74) is -0.672. The van der Waals surface area contributed by atoms with E-state index in [1.165, 1.54) is 31.2 Å². The second kappa shape index (κ2) is 6.11. The quantitative estimate of drug-likeness (QED) is 0.852. The minimum Gasteiger partial charge on any atom is -0.389 e. The number of alkyl halides is 4. The van der Waals surface area contributed by atoms with Crippen LogP contribution in [0.15, 0.2) is 36.5 Å². The summed E-state index contributed by atoms with van der Waals surface area (Å²) >= 11 is 0. The molecule has 1 aromatic heterocycles. The smallest absolute Gasteiger partial charge is 0.352 e. The van der Waals surface area contributed by atoms with Crippen LogP contribution in [-0.4, -0.2) is 16.0 Å². The van der Waals surface area contributed by atoms with E-state index >= 15 is 0 Å². The Balaban J connectivity index is 1.99. The Hall–Kier alpha value is -2.48. The van der Waals surface area contributed by atoms with Crippen LogP contribution in [0.25, 0.3) is 0 Å². The van der Waals surface area contributed by atoms with Crippen LogP contribution in [-0.2, 0) is 17.3 Å². The molecule has 2 heterocycles. The van der Waals surface area contributed by atoms with Crippen LogP contribution in [0.3, 0.4) is 0 Å². The Morgan fingerprint density at radius 3 is 2.52 bits per heavy atom. The van der Waals surface area contributed by atoms with E-state index in [0.29, 0.717) is 0 Å². The lowest BCUT2D eigenvalue weighted by Crippen LogP contribution is -2.34. The minimum absolute atomic E-state index is 0.0202. The highest BCUT2D eigenvalue weighted by molar-refractivity contribution is 6.06. The predicted molar refractivity (Wildman–Crippen MR) is 81.4 cm³/mol. The average molecular weight is 354 g/mol. The summed E-state index contributed by atoms with van der Waals surface area (Å²) < 4.78 is 54.0. The number of benzene rings is 1. The third-order valence-corrected chi connectivity index (χ3v) is 4.06. The summed E-state index contributed by atoms with van der Waals surface area (Å²) in [7, 11) is 0. The van der Waals surface area contributed by atoms with Gasteiger partial charge < -0.3 is 10.0 Å². The van der Waals surface area contributed by atoms with Crippen molar-refractivity contribution in [3.8, 4) is 0 Å². The number of pyridine rings is 1. The third kappa shape index (κ3) is 2.86. The predicted octanol–water partition coefficient (Wildman–Crippen LogP) is 3.71. The van der Waals surface area contributed by atoms with Crippen LogP contribution in [0.4, 0.5) is 23.2 Å². The molecule has 1 aliphatic heterocycles. The summed E-state index contributed by atoms with van der Waals surface area (Å²) in [6, 6.07) is 6.57. The molecular formula is C17H14F4N2O2. The van der Waals surface area contributed by atoms with Crippen molar-refractivity contribution in [1.29, 1.82) is 0 Å². The number of amides is 1. The van der Waals surface area contributed by atoms with E-state index in [0.717, 1.165) is 17.2 Å². The molecule has 8 heteroatoms. The second-order valence-electron chi connectivity index (χ2n) is 5.77. The number of carbonyl (C=O) groups is 1. The van der Waals surface area contributed by atoms with Gasteiger partial charge in [0.1, 0.15) is 0 Å². The summed E-state index contributed by atoms with van der Waals surface area (Å²) in [5.74, 6) is -5.21. The van der Waals surface area contributed by atoms with E-state index < -0.39 is 29.9 Å². The molecular weight excluding hydrogens is 340 g/mol. The van der Waals surface area contributed by atoms with E-state index in [4.69, 9.17) is 0 Å². The van der Waals surface area contributed by atoms with Gasteiger partial charge in [-0.1, -0.05) is 12.1 Å². The average Bonchev–Trinajstić information content (AvgIpc) is 2.76. The molecule has 0 saturated heterocycles. The standard InChI is InChI=1S/C17H14F4N2O2/c1-9(24)12-3-2-4-13-14(12)17(20,21)16(25)23(13)8-11-6-5-10(7-22-11)15(18)19/h2-7,9,15,24H,8H2,1H3/t9-/m0/s1. The van der Waals surface area contributed by atoms with Crippen molar-refractivity contribution in [3.05, 3.63) is 58.9 Å². The van der Waals surface area contributed by atoms with E-state index in [-0.39, 0.29) is 29.1 Å². The molecule has 1 atom stereocenters. The lowest BCUT2D eigenvalue weighted by Gasteiger charge is -2.17. The van der Waals surface area contributed by atoms with Crippen LogP contribution in [0.2, 0.25) is 0 Å². The van der Waals surface area contributed by atoms with Crippen molar-refractivity contribution in [2.24, 2.45) is 0 Å². The lowest BCUT2D eigenvalue weighted by molar-refractivity contribution is -0.141. The largest absolute Gasteiger partial charge is 0.389 e. The first kappa shape index (κ1) is 17.3. The van der Waals surface area contributed by atoms with Gasteiger partial charge in [-0.3, -0.25) is 9.78 Å². The summed E-state index contributed by atoms with van der Waals surface area (Å²) in [4.78, 5) is 16.8.